The third kappa shape index (κ3) is 3.53. The number of aromatic amines is 1. The number of likely N-dealkylation sites (N-methyl/N-ethyl adjacent to an activating group) is 1. The Morgan fingerprint density at radius 3 is 3.00 bits per heavy atom. The maximum atomic E-state index is 12.1. The maximum absolute atomic E-state index is 12.1. The van der Waals surface area contributed by atoms with E-state index < -0.39 is 0 Å². The number of H-pyrrole nitrogens is 1. The Morgan fingerprint density at radius 1 is 1.39 bits per heavy atom. The molecule has 0 aliphatic heterocycles. The van der Waals surface area contributed by atoms with Crippen molar-refractivity contribution in [2.24, 2.45) is 0 Å². The summed E-state index contributed by atoms with van der Waals surface area (Å²) in [6.07, 6.45) is 2.58. The molecule has 0 spiro atoms. The van der Waals surface area contributed by atoms with Gasteiger partial charge < -0.3 is 9.88 Å². The zero-order valence-corrected chi connectivity index (χ0v) is 13.2. The van der Waals surface area contributed by atoms with E-state index in [4.69, 9.17) is 0 Å². The average Bonchev–Trinajstić information content (AvgIpc) is 3.20. The van der Waals surface area contributed by atoms with Crippen LogP contribution in [0.25, 0.3) is 11.0 Å². The lowest BCUT2D eigenvalue weighted by atomic mass is 10.2. The molecule has 0 fully saturated rings. The first-order valence-corrected chi connectivity index (χ1v) is 7.52. The molecule has 1 N–H and O–H groups in total. The van der Waals surface area contributed by atoms with E-state index in [9.17, 15) is 4.79 Å². The van der Waals surface area contributed by atoms with Crippen LogP contribution in [-0.2, 0) is 17.8 Å². The molecule has 0 radical (unpaired) electrons. The van der Waals surface area contributed by atoms with Crippen molar-refractivity contribution in [3.8, 4) is 0 Å². The van der Waals surface area contributed by atoms with Gasteiger partial charge in [0.2, 0.25) is 5.91 Å². The molecule has 3 aromatic rings. The molecule has 1 aromatic carbocycles. The Hall–Kier alpha value is -2.77. The molecule has 0 aliphatic carbocycles. The van der Waals surface area contributed by atoms with Crippen molar-refractivity contribution in [3.63, 3.8) is 0 Å². The first kappa shape index (κ1) is 15.1. The predicted octanol–water partition coefficient (Wildman–Crippen LogP) is 0.949. The summed E-state index contributed by atoms with van der Waals surface area (Å²) in [4.78, 5) is 21.7. The van der Waals surface area contributed by atoms with Gasteiger partial charge in [0.1, 0.15) is 12.2 Å². The minimum absolute atomic E-state index is 0.0628. The third-order valence-electron chi connectivity index (χ3n) is 3.82. The minimum Gasteiger partial charge on any atom is -0.345 e. The van der Waals surface area contributed by atoms with Gasteiger partial charge >= 0.3 is 0 Å². The molecule has 0 bridgehead atoms. The SMILES string of the molecule is Cc1cccc2[nH]c(CCN(C)C(=O)CCn3cnnn3)nc12. The van der Waals surface area contributed by atoms with E-state index in [-0.39, 0.29) is 5.91 Å². The lowest BCUT2D eigenvalue weighted by molar-refractivity contribution is -0.130. The van der Waals surface area contributed by atoms with Crippen LogP contribution in [-0.4, -0.2) is 54.6 Å². The highest BCUT2D eigenvalue weighted by molar-refractivity contribution is 5.78. The third-order valence-corrected chi connectivity index (χ3v) is 3.82. The van der Waals surface area contributed by atoms with Crippen LogP contribution in [0.1, 0.15) is 17.8 Å². The largest absolute Gasteiger partial charge is 0.345 e. The van der Waals surface area contributed by atoms with Crippen LogP contribution in [0.5, 0.6) is 0 Å². The van der Waals surface area contributed by atoms with Crippen molar-refractivity contribution in [3.05, 3.63) is 35.9 Å². The van der Waals surface area contributed by atoms with Crippen LogP contribution in [0.3, 0.4) is 0 Å². The summed E-state index contributed by atoms with van der Waals surface area (Å²) >= 11 is 0. The van der Waals surface area contributed by atoms with Crippen molar-refractivity contribution in [1.82, 2.24) is 35.1 Å². The molecule has 23 heavy (non-hydrogen) atoms. The van der Waals surface area contributed by atoms with E-state index in [1.54, 1.807) is 16.6 Å². The minimum atomic E-state index is 0.0628. The number of carbonyl (C=O) groups excluding carboxylic acids is 1. The smallest absolute Gasteiger partial charge is 0.224 e. The number of carbonyl (C=O) groups is 1. The van der Waals surface area contributed by atoms with E-state index in [0.717, 1.165) is 22.4 Å². The van der Waals surface area contributed by atoms with Crippen LogP contribution in [0.2, 0.25) is 0 Å². The number of hydrogen-bond donors (Lipinski definition) is 1. The summed E-state index contributed by atoms with van der Waals surface area (Å²) in [6, 6.07) is 6.07. The van der Waals surface area contributed by atoms with E-state index in [2.05, 4.69) is 25.5 Å². The Labute approximate surface area is 133 Å². The van der Waals surface area contributed by atoms with Gasteiger partial charge in [-0.2, -0.15) is 0 Å². The molecule has 0 unspecified atom stereocenters. The van der Waals surface area contributed by atoms with E-state index in [1.807, 2.05) is 25.1 Å². The lowest BCUT2D eigenvalue weighted by Crippen LogP contribution is -2.29. The number of imidazole rings is 1. The highest BCUT2D eigenvalue weighted by Gasteiger charge is 2.11. The number of nitrogens with zero attached hydrogens (tertiary/aromatic N) is 6. The number of aromatic nitrogens is 6. The van der Waals surface area contributed by atoms with Gasteiger partial charge in [-0.25, -0.2) is 9.67 Å². The molecule has 8 heteroatoms. The summed E-state index contributed by atoms with van der Waals surface area (Å²) in [7, 11) is 1.80. The van der Waals surface area contributed by atoms with Gasteiger partial charge in [0.25, 0.3) is 0 Å². The first-order chi connectivity index (χ1) is 11.1. The van der Waals surface area contributed by atoms with Crippen molar-refractivity contribution < 1.29 is 4.79 Å². The van der Waals surface area contributed by atoms with Crippen LogP contribution in [0.4, 0.5) is 0 Å². The molecule has 0 saturated carbocycles. The van der Waals surface area contributed by atoms with E-state index in [1.165, 1.54) is 6.33 Å². The van der Waals surface area contributed by atoms with Gasteiger partial charge in [-0.15, -0.1) is 5.10 Å². The van der Waals surface area contributed by atoms with E-state index >= 15 is 0 Å². The number of benzene rings is 1. The topological polar surface area (TPSA) is 92.6 Å². The summed E-state index contributed by atoms with van der Waals surface area (Å²) in [5.74, 6) is 0.960. The molecule has 120 valence electrons. The van der Waals surface area contributed by atoms with Crippen molar-refractivity contribution in [2.45, 2.75) is 26.3 Å². The summed E-state index contributed by atoms with van der Waals surface area (Å²) < 4.78 is 1.55. The molecule has 1 amide bonds. The number of aryl methyl sites for hydroxylation is 2. The number of rotatable bonds is 6. The molecule has 2 aromatic heterocycles. The van der Waals surface area contributed by atoms with Crippen molar-refractivity contribution in [1.29, 1.82) is 0 Å². The Bertz CT molecular complexity index is 793. The second-order valence-corrected chi connectivity index (χ2v) is 5.54. The fourth-order valence-electron chi connectivity index (χ4n) is 2.43. The zero-order chi connectivity index (χ0) is 16.2. The molecular weight excluding hydrogens is 294 g/mol. The zero-order valence-electron chi connectivity index (χ0n) is 13.2. The van der Waals surface area contributed by atoms with Crippen molar-refractivity contribution in [2.75, 3.05) is 13.6 Å². The summed E-state index contributed by atoms with van der Waals surface area (Å²) in [6.45, 7) is 3.15. The van der Waals surface area contributed by atoms with Gasteiger partial charge in [-0.1, -0.05) is 12.1 Å². The molecule has 2 heterocycles. The molecule has 0 aliphatic rings. The monoisotopic (exact) mass is 313 g/mol. The molecule has 0 saturated heterocycles. The maximum Gasteiger partial charge on any atom is 0.224 e. The quantitative estimate of drug-likeness (QED) is 0.731. The summed E-state index contributed by atoms with van der Waals surface area (Å²) in [5.41, 5.74) is 3.18. The predicted molar refractivity (Wildman–Crippen MR) is 84.6 cm³/mol. The van der Waals surface area contributed by atoms with E-state index in [0.29, 0.717) is 25.9 Å². The van der Waals surface area contributed by atoms with Crippen LogP contribution in [0, 0.1) is 6.92 Å². The fourth-order valence-corrected chi connectivity index (χ4v) is 2.43. The second-order valence-electron chi connectivity index (χ2n) is 5.54. The Kier molecular flexibility index (Phi) is 4.31. The summed E-state index contributed by atoms with van der Waals surface area (Å²) in [5, 5.41) is 10.8. The number of fused-ring (bicyclic) bond motifs is 1. The molecule has 0 atom stereocenters. The van der Waals surface area contributed by atoms with Crippen LogP contribution in [0.15, 0.2) is 24.5 Å². The Morgan fingerprint density at radius 2 is 2.26 bits per heavy atom. The highest BCUT2D eigenvalue weighted by Crippen LogP contribution is 2.15. The normalized spacial score (nSPS) is 11.0. The van der Waals surface area contributed by atoms with Gasteiger partial charge in [-0.3, -0.25) is 4.79 Å². The standard InChI is InChI=1S/C15H19N7O/c1-11-4-3-5-12-15(11)18-13(17-12)6-8-21(2)14(23)7-9-22-10-16-19-20-22/h3-5,10H,6-9H2,1-2H3,(H,17,18). The van der Waals surface area contributed by atoms with Crippen LogP contribution >= 0.6 is 0 Å². The number of amides is 1. The number of nitrogens with one attached hydrogen (secondary N) is 1. The molecular formula is C15H19N7O. The first-order valence-electron chi connectivity index (χ1n) is 7.52. The molecule has 3 rings (SSSR count). The Balaban J connectivity index is 1.54. The average molecular weight is 313 g/mol. The van der Waals surface area contributed by atoms with Gasteiger partial charge in [0, 0.05) is 26.4 Å². The van der Waals surface area contributed by atoms with Crippen molar-refractivity contribution >= 4 is 16.9 Å². The highest BCUT2D eigenvalue weighted by atomic mass is 16.2. The van der Waals surface area contributed by atoms with Gasteiger partial charge in [0.05, 0.1) is 17.6 Å². The van der Waals surface area contributed by atoms with Gasteiger partial charge in [-0.05, 0) is 29.0 Å². The second kappa shape index (κ2) is 6.55. The lowest BCUT2D eigenvalue weighted by Gasteiger charge is -2.16. The number of tetrazole rings is 1. The van der Waals surface area contributed by atoms with Gasteiger partial charge in [0.15, 0.2) is 0 Å². The van der Waals surface area contributed by atoms with Crippen LogP contribution < -0.4 is 0 Å². The fraction of sp³-hybridized carbons (Fsp3) is 0.400. The number of hydrogen-bond acceptors (Lipinski definition) is 5. The number of para-hydroxylation sites is 1. The molecule has 8 nitrogen and oxygen atoms in total.